The number of hydrogen-bond donors (Lipinski definition) is 0. The smallest absolute Gasteiger partial charge is 0.302 e. The molecule has 5 aliphatic carbocycles. The molecule has 0 N–H and O–H groups in total. The number of esters is 1. The molecular weight excluding hydrogens is 416 g/mol. The number of carbonyl (C=O) groups excluding carboxylic acids is 1. The molecule has 0 heterocycles. The lowest BCUT2D eigenvalue weighted by molar-refractivity contribution is -0.264. The summed E-state index contributed by atoms with van der Waals surface area (Å²) in [6, 6.07) is 0. The first-order valence-corrected chi connectivity index (χ1v) is 14.8. The average molecular weight is 471 g/mol. The van der Waals surface area contributed by atoms with Gasteiger partial charge >= 0.3 is 5.97 Å². The van der Waals surface area contributed by atoms with E-state index in [-0.39, 0.29) is 17.5 Å². The van der Waals surface area contributed by atoms with Crippen molar-refractivity contribution < 1.29 is 9.53 Å². The number of ether oxygens (including phenoxy) is 1. The zero-order valence-electron chi connectivity index (χ0n) is 24.0. The highest BCUT2D eigenvalue weighted by molar-refractivity contribution is 5.66. The molecule has 0 aromatic rings. The number of hydrogen-bond acceptors (Lipinski definition) is 2. The third-order valence-electron chi connectivity index (χ3n) is 14.1. The topological polar surface area (TPSA) is 26.3 Å². The van der Waals surface area contributed by atoms with Gasteiger partial charge in [0.1, 0.15) is 6.10 Å². The molecule has 0 aromatic carbocycles. The summed E-state index contributed by atoms with van der Waals surface area (Å²) in [5, 5.41) is 0. The Hall–Kier alpha value is -0.530. The van der Waals surface area contributed by atoms with Gasteiger partial charge in [-0.2, -0.15) is 0 Å². The van der Waals surface area contributed by atoms with E-state index in [1.807, 2.05) is 0 Å². The van der Waals surface area contributed by atoms with E-state index >= 15 is 0 Å². The Kier molecular flexibility index (Phi) is 5.55. The summed E-state index contributed by atoms with van der Waals surface area (Å²) in [7, 11) is 0. The Balaban J connectivity index is 1.50. The minimum absolute atomic E-state index is 0.0643. The van der Waals surface area contributed by atoms with Crippen LogP contribution in [0, 0.1) is 56.2 Å². The molecule has 0 bridgehead atoms. The van der Waals surface area contributed by atoms with Crippen molar-refractivity contribution in [2.24, 2.45) is 56.2 Å². The van der Waals surface area contributed by atoms with Crippen LogP contribution in [0.25, 0.3) is 0 Å². The molecule has 9 atom stereocenters. The molecule has 2 heteroatoms. The van der Waals surface area contributed by atoms with Crippen LogP contribution in [-0.4, -0.2) is 12.1 Å². The van der Waals surface area contributed by atoms with Gasteiger partial charge in [-0.3, -0.25) is 4.79 Å². The number of rotatable bonds is 1. The predicted octanol–water partition coefficient (Wildman–Crippen LogP) is 8.82. The Morgan fingerprint density at radius 3 is 1.71 bits per heavy atom. The van der Waals surface area contributed by atoms with Gasteiger partial charge in [-0.15, -0.1) is 0 Å². The largest absolute Gasteiger partial charge is 0.462 e. The summed E-state index contributed by atoms with van der Waals surface area (Å²) in [4.78, 5) is 11.9. The van der Waals surface area contributed by atoms with Crippen LogP contribution in [0.1, 0.15) is 133 Å². The summed E-state index contributed by atoms with van der Waals surface area (Å²) >= 11 is 0. The van der Waals surface area contributed by atoms with Gasteiger partial charge in [0.05, 0.1) is 0 Å². The van der Waals surface area contributed by atoms with Crippen molar-refractivity contribution in [1.29, 1.82) is 0 Å². The van der Waals surface area contributed by atoms with E-state index in [1.165, 1.54) is 64.2 Å². The second-order valence-electron chi connectivity index (χ2n) is 16.0. The van der Waals surface area contributed by atoms with E-state index in [9.17, 15) is 4.79 Å². The second-order valence-corrected chi connectivity index (χ2v) is 16.0. The first kappa shape index (κ1) is 25.1. The van der Waals surface area contributed by atoms with Gasteiger partial charge in [0, 0.05) is 12.3 Å². The fraction of sp³-hybridized carbons (Fsp3) is 0.969. The van der Waals surface area contributed by atoms with Crippen LogP contribution in [-0.2, 0) is 9.53 Å². The van der Waals surface area contributed by atoms with Gasteiger partial charge in [-0.25, -0.2) is 0 Å². The summed E-state index contributed by atoms with van der Waals surface area (Å²) in [5.74, 6) is 3.13. The summed E-state index contributed by atoms with van der Waals surface area (Å²) in [6.45, 7) is 22.5. The maximum Gasteiger partial charge on any atom is 0.302 e. The Morgan fingerprint density at radius 1 is 0.618 bits per heavy atom. The molecule has 2 nitrogen and oxygen atoms in total. The minimum Gasteiger partial charge on any atom is -0.462 e. The Labute approximate surface area is 210 Å². The molecule has 5 rings (SSSR count). The normalized spacial score (nSPS) is 53.5. The molecule has 0 saturated heterocycles. The van der Waals surface area contributed by atoms with Crippen LogP contribution >= 0.6 is 0 Å². The third-order valence-corrected chi connectivity index (χ3v) is 14.1. The van der Waals surface area contributed by atoms with Crippen LogP contribution in [0.15, 0.2) is 0 Å². The van der Waals surface area contributed by atoms with Gasteiger partial charge in [0.2, 0.25) is 0 Å². The van der Waals surface area contributed by atoms with Crippen molar-refractivity contribution >= 4 is 5.97 Å². The van der Waals surface area contributed by atoms with Crippen molar-refractivity contribution in [3.8, 4) is 0 Å². The van der Waals surface area contributed by atoms with Crippen LogP contribution < -0.4 is 0 Å². The molecular formula is C32H54O2. The van der Waals surface area contributed by atoms with Crippen LogP contribution in [0.2, 0.25) is 0 Å². The quantitative estimate of drug-likeness (QED) is 0.358. The van der Waals surface area contributed by atoms with Gasteiger partial charge < -0.3 is 4.74 Å². The molecule has 0 radical (unpaired) electrons. The SMILES string of the molecule is CC(=O)OC1CCC2(C)C(CCC3(C)C2CCC2C4(C)CCCC(C)(C)C4CCC23C)C1(C)C. The molecule has 194 valence electrons. The second kappa shape index (κ2) is 7.50. The predicted molar refractivity (Wildman–Crippen MR) is 140 cm³/mol. The van der Waals surface area contributed by atoms with Gasteiger partial charge in [-0.05, 0) is 115 Å². The highest BCUT2D eigenvalue weighted by Crippen LogP contribution is 2.78. The molecule has 0 aliphatic heterocycles. The Bertz CT molecular complexity index is 842. The van der Waals surface area contributed by atoms with Crippen molar-refractivity contribution in [3.63, 3.8) is 0 Å². The zero-order chi connectivity index (χ0) is 24.9. The molecule has 9 unspecified atom stereocenters. The van der Waals surface area contributed by atoms with E-state index < -0.39 is 0 Å². The van der Waals surface area contributed by atoms with E-state index in [2.05, 4.69) is 55.4 Å². The van der Waals surface area contributed by atoms with Crippen molar-refractivity contribution in [1.82, 2.24) is 0 Å². The van der Waals surface area contributed by atoms with Crippen LogP contribution in [0.4, 0.5) is 0 Å². The summed E-state index contributed by atoms with van der Waals surface area (Å²) in [5.41, 5.74) is 2.35. The number of fused-ring (bicyclic) bond motifs is 7. The molecule has 0 spiro atoms. The molecule has 5 saturated carbocycles. The average Bonchev–Trinajstić information content (AvgIpc) is 2.70. The lowest BCUT2D eigenvalue weighted by Gasteiger charge is -2.74. The van der Waals surface area contributed by atoms with E-state index in [4.69, 9.17) is 4.74 Å². The maximum absolute atomic E-state index is 11.9. The van der Waals surface area contributed by atoms with Gasteiger partial charge in [-0.1, -0.05) is 61.8 Å². The van der Waals surface area contributed by atoms with E-state index in [0.717, 1.165) is 24.2 Å². The molecule has 5 fully saturated rings. The van der Waals surface area contributed by atoms with Crippen molar-refractivity contribution in [3.05, 3.63) is 0 Å². The molecule has 0 aromatic heterocycles. The van der Waals surface area contributed by atoms with E-state index in [1.54, 1.807) is 6.92 Å². The monoisotopic (exact) mass is 470 g/mol. The fourth-order valence-corrected chi connectivity index (χ4v) is 12.6. The minimum atomic E-state index is -0.101. The summed E-state index contributed by atoms with van der Waals surface area (Å²) < 4.78 is 5.92. The van der Waals surface area contributed by atoms with E-state index in [0.29, 0.717) is 33.0 Å². The molecule has 34 heavy (non-hydrogen) atoms. The van der Waals surface area contributed by atoms with Crippen LogP contribution in [0.5, 0.6) is 0 Å². The van der Waals surface area contributed by atoms with Gasteiger partial charge in [0.15, 0.2) is 0 Å². The van der Waals surface area contributed by atoms with Crippen molar-refractivity contribution in [2.75, 3.05) is 0 Å². The van der Waals surface area contributed by atoms with Gasteiger partial charge in [0.25, 0.3) is 0 Å². The lowest BCUT2D eigenvalue weighted by atomic mass is 9.30. The maximum atomic E-state index is 11.9. The first-order chi connectivity index (χ1) is 15.6. The highest BCUT2D eigenvalue weighted by atomic mass is 16.5. The zero-order valence-corrected chi connectivity index (χ0v) is 24.0. The lowest BCUT2D eigenvalue weighted by Crippen LogP contribution is -2.68. The third kappa shape index (κ3) is 3.08. The summed E-state index contributed by atoms with van der Waals surface area (Å²) in [6.07, 6.45) is 15.1. The van der Waals surface area contributed by atoms with Crippen LogP contribution in [0.3, 0.4) is 0 Å². The standard InChI is InChI=1S/C32H54O2/c1-21(33)34-26-15-18-30(7)23(28(26,4)5)14-20-32(9)25(30)12-11-24-29(6)17-10-16-27(2,3)22(29)13-19-31(24,32)8/h22-26H,10-20H2,1-9H3. The fourth-order valence-electron chi connectivity index (χ4n) is 12.6. The first-order valence-electron chi connectivity index (χ1n) is 14.8. The number of carbonyl (C=O) groups is 1. The highest BCUT2D eigenvalue weighted by Gasteiger charge is 2.70. The Morgan fingerprint density at radius 2 is 1.15 bits per heavy atom. The molecule has 5 aliphatic rings. The molecule has 0 amide bonds. The van der Waals surface area contributed by atoms with Crippen molar-refractivity contribution in [2.45, 2.75) is 139 Å².